The Hall–Kier alpha value is -2.75. The van der Waals surface area contributed by atoms with Crippen LogP contribution in [0.15, 0.2) is 47.4 Å². The first-order valence-electron chi connectivity index (χ1n) is 10.1. The summed E-state index contributed by atoms with van der Waals surface area (Å²) >= 11 is 0. The van der Waals surface area contributed by atoms with E-state index in [1.54, 1.807) is 0 Å². The molecule has 8 nitrogen and oxygen atoms in total. The summed E-state index contributed by atoms with van der Waals surface area (Å²) in [6.07, 6.45) is 1.30. The van der Waals surface area contributed by atoms with Crippen molar-refractivity contribution in [1.82, 2.24) is 4.90 Å². The first-order valence-corrected chi connectivity index (χ1v) is 11.7. The molecule has 0 spiro atoms. The van der Waals surface area contributed by atoms with E-state index < -0.39 is 10.0 Å². The summed E-state index contributed by atoms with van der Waals surface area (Å²) < 4.78 is 22.6. The van der Waals surface area contributed by atoms with E-state index in [0.717, 1.165) is 11.3 Å². The number of aryl methyl sites for hydroxylation is 2. The van der Waals surface area contributed by atoms with Gasteiger partial charge >= 0.3 is 0 Å². The molecule has 0 aliphatic carbocycles. The largest absolute Gasteiger partial charge is 0.326 e. The third kappa shape index (κ3) is 6.36. The van der Waals surface area contributed by atoms with Crippen molar-refractivity contribution in [2.45, 2.75) is 31.6 Å². The van der Waals surface area contributed by atoms with E-state index in [9.17, 15) is 18.0 Å². The van der Waals surface area contributed by atoms with Gasteiger partial charge in [-0.3, -0.25) is 14.5 Å². The third-order valence-corrected chi connectivity index (χ3v) is 6.50. The second-order valence-corrected chi connectivity index (χ2v) is 9.52. The van der Waals surface area contributed by atoms with Crippen LogP contribution in [0.1, 0.15) is 24.0 Å². The van der Waals surface area contributed by atoms with Gasteiger partial charge in [0, 0.05) is 17.3 Å². The molecule has 9 heteroatoms. The minimum absolute atomic E-state index is 0.00196. The van der Waals surface area contributed by atoms with Crippen molar-refractivity contribution < 1.29 is 18.0 Å². The molecule has 0 bridgehead atoms. The normalized spacial score (nSPS) is 15.5. The van der Waals surface area contributed by atoms with Crippen LogP contribution in [-0.4, -0.2) is 44.8 Å². The SMILES string of the molecule is Cc1ccc(NC(=O)CN2CCC(C(=O)Nc3ccc(S(N)(=O)=O)cc3)CC2)cc1C. The average molecular weight is 445 g/mol. The van der Waals surface area contributed by atoms with E-state index in [1.807, 2.05) is 36.9 Å². The zero-order valence-corrected chi connectivity index (χ0v) is 18.5. The Bertz CT molecular complexity index is 1060. The van der Waals surface area contributed by atoms with E-state index in [0.29, 0.717) is 31.6 Å². The number of nitrogens with two attached hydrogens (primary N) is 1. The Morgan fingerprint density at radius 2 is 1.58 bits per heavy atom. The van der Waals surface area contributed by atoms with Gasteiger partial charge in [-0.05, 0) is 87.3 Å². The molecule has 1 aliphatic heterocycles. The second-order valence-electron chi connectivity index (χ2n) is 7.96. The quantitative estimate of drug-likeness (QED) is 0.631. The van der Waals surface area contributed by atoms with Gasteiger partial charge in [0.1, 0.15) is 0 Å². The fourth-order valence-electron chi connectivity index (χ4n) is 3.55. The number of nitrogens with one attached hydrogen (secondary N) is 2. The lowest BCUT2D eigenvalue weighted by atomic mass is 9.96. The van der Waals surface area contributed by atoms with Crippen molar-refractivity contribution in [3.63, 3.8) is 0 Å². The summed E-state index contributed by atoms with van der Waals surface area (Å²) in [7, 11) is -3.76. The number of carbonyl (C=O) groups excluding carboxylic acids is 2. The first kappa shape index (κ1) is 22.9. The van der Waals surface area contributed by atoms with E-state index in [2.05, 4.69) is 10.6 Å². The molecule has 2 aromatic carbocycles. The van der Waals surface area contributed by atoms with Gasteiger partial charge in [0.2, 0.25) is 21.8 Å². The topological polar surface area (TPSA) is 122 Å². The molecule has 31 heavy (non-hydrogen) atoms. The number of amides is 2. The third-order valence-electron chi connectivity index (χ3n) is 5.57. The highest BCUT2D eigenvalue weighted by Crippen LogP contribution is 2.21. The zero-order chi connectivity index (χ0) is 22.6. The average Bonchev–Trinajstić information content (AvgIpc) is 2.71. The van der Waals surface area contributed by atoms with Gasteiger partial charge in [0.15, 0.2) is 0 Å². The number of carbonyl (C=O) groups is 2. The lowest BCUT2D eigenvalue weighted by molar-refractivity contribution is -0.121. The standard InChI is InChI=1S/C22H28N4O4S/c1-15-3-4-19(13-16(15)2)24-21(27)14-26-11-9-17(10-12-26)22(28)25-18-5-7-20(8-6-18)31(23,29)30/h3-8,13,17H,9-12,14H2,1-2H3,(H,24,27)(H,25,28)(H2,23,29,30). The number of rotatable bonds is 6. The summed E-state index contributed by atoms with van der Waals surface area (Å²) in [5.74, 6) is -0.333. The van der Waals surface area contributed by atoms with Gasteiger partial charge in [0.25, 0.3) is 0 Å². The van der Waals surface area contributed by atoms with E-state index in [4.69, 9.17) is 5.14 Å². The molecule has 1 heterocycles. The molecule has 4 N–H and O–H groups in total. The summed E-state index contributed by atoms with van der Waals surface area (Å²) in [5, 5.41) is 10.8. The number of piperidine rings is 1. The highest BCUT2D eigenvalue weighted by atomic mass is 32.2. The molecule has 0 aromatic heterocycles. The predicted octanol–water partition coefficient (Wildman–Crippen LogP) is 2.24. The highest BCUT2D eigenvalue weighted by molar-refractivity contribution is 7.89. The molecular weight excluding hydrogens is 416 g/mol. The van der Waals surface area contributed by atoms with Crippen molar-refractivity contribution >= 4 is 33.2 Å². The lowest BCUT2D eigenvalue weighted by Crippen LogP contribution is -2.41. The van der Waals surface area contributed by atoms with Gasteiger partial charge in [-0.2, -0.15) is 0 Å². The van der Waals surface area contributed by atoms with Crippen molar-refractivity contribution in [2.75, 3.05) is 30.3 Å². The Morgan fingerprint density at radius 1 is 0.968 bits per heavy atom. The second kappa shape index (κ2) is 9.59. The molecule has 0 radical (unpaired) electrons. The number of sulfonamides is 1. The molecule has 3 rings (SSSR count). The van der Waals surface area contributed by atoms with Crippen LogP contribution in [0.4, 0.5) is 11.4 Å². The van der Waals surface area contributed by atoms with Crippen LogP contribution >= 0.6 is 0 Å². The van der Waals surface area contributed by atoms with Crippen molar-refractivity contribution in [3.8, 4) is 0 Å². The van der Waals surface area contributed by atoms with E-state index >= 15 is 0 Å². The maximum absolute atomic E-state index is 12.5. The smallest absolute Gasteiger partial charge is 0.238 e. The molecule has 0 unspecified atom stereocenters. The van der Waals surface area contributed by atoms with Gasteiger partial charge in [-0.1, -0.05) is 6.07 Å². The van der Waals surface area contributed by atoms with Gasteiger partial charge < -0.3 is 10.6 Å². The molecule has 166 valence electrons. The van der Waals surface area contributed by atoms with Crippen LogP contribution in [0.25, 0.3) is 0 Å². The first-order chi connectivity index (χ1) is 14.6. The molecular formula is C22H28N4O4S. The van der Waals surface area contributed by atoms with Crippen LogP contribution in [0.3, 0.4) is 0 Å². The summed E-state index contributed by atoms with van der Waals surface area (Å²) in [6.45, 7) is 5.64. The number of primary sulfonamides is 1. The van der Waals surface area contributed by atoms with Crippen molar-refractivity contribution in [3.05, 3.63) is 53.6 Å². The Morgan fingerprint density at radius 3 is 2.16 bits per heavy atom. The molecule has 1 saturated heterocycles. The Labute approximate surface area is 182 Å². The van der Waals surface area contributed by atoms with Crippen LogP contribution in [0, 0.1) is 19.8 Å². The van der Waals surface area contributed by atoms with Crippen molar-refractivity contribution in [2.24, 2.45) is 11.1 Å². The number of benzene rings is 2. The van der Waals surface area contributed by atoms with Gasteiger partial charge in [-0.25, -0.2) is 13.6 Å². The number of anilines is 2. The summed E-state index contributed by atoms with van der Waals surface area (Å²) in [4.78, 5) is 26.9. The number of hydrogen-bond donors (Lipinski definition) is 3. The van der Waals surface area contributed by atoms with E-state index in [-0.39, 0.29) is 29.2 Å². The highest BCUT2D eigenvalue weighted by Gasteiger charge is 2.26. The molecule has 1 fully saturated rings. The number of nitrogens with zero attached hydrogens (tertiary/aromatic N) is 1. The molecule has 2 aromatic rings. The maximum atomic E-state index is 12.5. The minimum Gasteiger partial charge on any atom is -0.326 e. The molecule has 1 aliphatic rings. The lowest BCUT2D eigenvalue weighted by Gasteiger charge is -2.30. The maximum Gasteiger partial charge on any atom is 0.238 e. The van der Waals surface area contributed by atoms with Crippen LogP contribution in [-0.2, 0) is 19.6 Å². The van der Waals surface area contributed by atoms with Crippen LogP contribution in [0.5, 0.6) is 0 Å². The number of hydrogen-bond acceptors (Lipinski definition) is 5. The fourth-order valence-corrected chi connectivity index (χ4v) is 4.06. The predicted molar refractivity (Wildman–Crippen MR) is 120 cm³/mol. The zero-order valence-electron chi connectivity index (χ0n) is 17.7. The summed E-state index contributed by atoms with van der Waals surface area (Å²) in [5.41, 5.74) is 3.62. The van der Waals surface area contributed by atoms with E-state index in [1.165, 1.54) is 29.8 Å². The monoisotopic (exact) mass is 444 g/mol. The van der Waals surface area contributed by atoms with Gasteiger partial charge in [-0.15, -0.1) is 0 Å². The van der Waals surface area contributed by atoms with Gasteiger partial charge in [0.05, 0.1) is 11.4 Å². The Kier molecular flexibility index (Phi) is 7.09. The Balaban J connectivity index is 1.45. The van der Waals surface area contributed by atoms with Crippen LogP contribution in [0.2, 0.25) is 0 Å². The van der Waals surface area contributed by atoms with Crippen molar-refractivity contribution in [1.29, 1.82) is 0 Å². The molecule has 0 atom stereocenters. The van der Waals surface area contributed by atoms with Crippen LogP contribution < -0.4 is 15.8 Å². The molecule has 0 saturated carbocycles. The number of likely N-dealkylation sites (tertiary alicyclic amines) is 1. The fraction of sp³-hybridized carbons (Fsp3) is 0.364. The minimum atomic E-state index is -3.76. The molecule has 2 amide bonds. The summed E-state index contributed by atoms with van der Waals surface area (Å²) in [6, 6.07) is 11.6.